The van der Waals surface area contributed by atoms with Gasteiger partial charge in [-0.1, -0.05) is 0 Å². The quantitative estimate of drug-likeness (QED) is 0.541. The molecular weight excluding hydrogens is 286 g/mol. The fourth-order valence-corrected chi connectivity index (χ4v) is 2.80. The SMILES string of the molecule is C[CH-]N(C1CN(C(C)C)C1)S(C)(=O)=O.[Rb+]. The molecular formula is C9H19N2O2RbS. The summed E-state index contributed by atoms with van der Waals surface area (Å²) in [7, 11) is -3.07. The van der Waals surface area contributed by atoms with E-state index < -0.39 is 10.0 Å². The fraction of sp³-hybridized carbons (Fsp3) is 0.889. The summed E-state index contributed by atoms with van der Waals surface area (Å²) in [5.41, 5.74) is 0. The first-order valence-corrected chi connectivity index (χ1v) is 6.73. The van der Waals surface area contributed by atoms with Crippen molar-refractivity contribution in [2.75, 3.05) is 19.3 Å². The molecule has 1 aliphatic rings. The predicted octanol–water partition coefficient (Wildman–Crippen LogP) is -2.47. The first kappa shape index (κ1) is 16.7. The summed E-state index contributed by atoms with van der Waals surface area (Å²) in [6.07, 6.45) is 1.25. The van der Waals surface area contributed by atoms with Crippen molar-refractivity contribution < 1.29 is 66.6 Å². The third kappa shape index (κ3) is 4.45. The molecule has 1 aliphatic heterocycles. The number of likely N-dealkylation sites (tertiary alicyclic amines) is 1. The second-order valence-corrected chi connectivity index (χ2v) is 5.94. The number of sulfonamides is 1. The Morgan fingerprint density at radius 2 is 1.87 bits per heavy atom. The van der Waals surface area contributed by atoms with Crippen molar-refractivity contribution in [1.29, 1.82) is 0 Å². The summed E-state index contributed by atoms with van der Waals surface area (Å²) in [6, 6.07) is 0.641. The zero-order valence-electron chi connectivity index (χ0n) is 10.3. The van der Waals surface area contributed by atoms with Gasteiger partial charge in [0.1, 0.15) is 0 Å². The predicted molar refractivity (Wildman–Crippen MR) is 57.2 cm³/mol. The van der Waals surface area contributed by atoms with Gasteiger partial charge in [0.05, 0.1) is 6.26 Å². The Hall–Kier alpha value is 1.68. The Kier molecular flexibility index (Phi) is 7.30. The molecule has 0 spiro atoms. The van der Waals surface area contributed by atoms with E-state index in [1.807, 2.05) is 0 Å². The van der Waals surface area contributed by atoms with Crippen molar-refractivity contribution in [2.45, 2.75) is 32.9 Å². The van der Waals surface area contributed by atoms with Crippen LogP contribution in [0.5, 0.6) is 0 Å². The Morgan fingerprint density at radius 3 is 2.13 bits per heavy atom. The molecule has 0 atom stereocenters. The van der Waals surface area contributed by atoms with E-state index in [2.05, 4.69) is 18.7 Å². The summed E-state index contributed by atoms with van der Waals surface area (Å²) in [4.78, 5) is 2.26. The Labute approximate surface area is 142 Å². The van der Waals surface area contributed by atoms with Crippen LogP contribution < -0.4 is 58.2 Å². The molecule has 15 heavy (non-hydrogen) atoms. The number of hydrogen-bond acceptors (Lipinski definition) is 3. The maximum absolute atomic E-state index is 11.3. The monoisotopic (exact) mass is 304 g/mol. The maximum Gasteiger partial charge on any atom is 1.00 e. The Bertz CT molecular complexity index is 286. The van der Waals surface area contributed by atoms with Gasteiger partial charge in [-0.2, -0.15) is 6.92 Å². The van der Waals surface area contributed by atoms with Gasteiger partial charge in [0, 0.05) is 25.2 Å². The van der Waals surface area contributed by atoms with Gasteiger partial charge in [-0.3, -0.25) is 11.4 Å². The van der Waals surface area contributed by atoms with Gasteiger partial charge < -0.3 is 4.31 Å². The van der Waals surface area contributed by atoms with Gasteiger partial charge in [0.25, 0.3) is 0 Å². The second kappa shape index (κ2) is 6.57. The molecule has 1 fully saturated rings. The minimum Gasteiger partial charge on any atom is -0.347 e. The van der Waals surface area contributed by atoms with E-state index in [0.29, 0.717) is 6.04 Å². The van der Waals surface area contributed by atoms with E-state index in [1.54, 1.807) is 13.5 Å². The molecule has 0 saturated carbocycles. The van der Waals surface area contributed by atoms with Crippen molar-refractivity contribution in [3.8, 4) is 0 Å². The molecule has 4 nitrogen and oxygen atoms in total. The zero-order valence-corrected chi connectivity index (χ0v) is 16.0. The molecule has 0 unspecified atom stereocenters. The van der Waals surface area contributed by atoms with Crippen LogP contribution in [-0.4, -0.2) is 49.1 Å². The van der Waals surface area contributed by atoms with Crippen molar-refractivity contribution in [2.24, 2.45) is 0 Å². The third-order valence-corrected chi connectivity index (χ3v) is 3.89. The van der Waals surface area contributed by atoms with Crippen molar-refractivity contribution >= 4 is 10.0 Å². The Balaban J connectivity index is 0.00000196. The fourth-order valence-electron chi connectivity index (χ4n) is 1.74. The molecule has 0 aliphatic carbocycles. The molecule has 0 radical (unpaired) electrons. The smallest absolute Gasteiger partial charge is 0.347 e. The molecule has 1 saturated heterocycles. The molecule has 84 valence electrons. The minimum absolute atomic E-state index is 0. The minimum atomic E-state index is -3.07. The van der Waals surface area contributed by atoms with E-state index in [9.17, 15) is 8.42 Å². The molecule has 6 heteroatoms. The van der Waals surface area contributed by atoms with Crippen LogP contribution in [0.25, 0.3) is 0 Å². The Morgan fingerprint density at radius 1 is 1.40 bits per heavy atom. The molecule has 1 heterocycles. The summed E-state index contributed by atoms with van der Waals surface area (Å²) < 4.78 is 24.2. The average molecular weight is 305 g/mol. The van der Waals surface area contributed by atoms with Crippen molar-refractivity contribution in [1.82, 2.24) is 9.21 Å². The molecule has 0 aromatic rings. The van der Waals surface area contributed by atoms with Crippen LogP contribution in [0.2, 0.25) is 0 Å². The van der Waals surface area contributed by atoms with Crippen LogP contribution in [0.15, 0.2) is 0 Å². The molecule has 1 rings (SSSR count). The summed E-state index contributed by atoms with van der Waals surface area (Å²) in [5, 5.41) is 0. The van der Waals surface area contributed by atoms with Crippen LogP contribution in [0.3, 0.4) is 0 Å². The van der Waals surface area contributed by atoms with E-state index in [4.69, 9.17) is 0 Å². The van der Waals surface area contributed by atoms with E-state index >= 15 is 0 Å². The molecule has 0 bridgehead atoms. The number of hydrogen-bond donors (Lipinski definition) is 0. The van der Waals surface area contributed by atoms with E-state index in [0.717, 1.165) is 13.1 Å². The standard InChI is InChI=1S/C9H19N2O2S.Rb/c1-5-11(14(4,12)13)9-6-10(7-9)8(2)3;/h5,8-9H,6-7H2,1-4H3;/q-1;+1. The summed E-state index contributed by atoms with van der Waals surface area (Å²) in [5.74, 6) is 0. The van der Waals surface area contributed by atoms with Crippen molar-refractivity contribution in [3.63, 3.8) is 0 Å². The van der Waals surface area contributed by atoms with Crippen LogP contribution in [-0.2, 0) is 10.0 Å². The maximum atomic E-state index is 11.3. The van der Waals surface area contributed by atoms with Crippen LogP contribution >= 0.6 is 0 Å². The largest absolute Gasteiger partial charge is 1.00 e. The first-order chi connectivity index (χ1) is 6.36. The summed E-state index contributed by atoms with van der Waals surface area (Å²) >= 11 is 0. The second-order valence-electron chi connectivity index (χ2n) is 4.05. The topological polar surface area (TPSA) is 40.6 Å². The first-order valence-electron chi connectivity index (χ1n) is 4.88. The van der Waals surface area contributed by atoms with Crippen LogP contribution in [0.4, 0.5) is 0 Å². The molecule has 0 aromatic heterocycles. The van der Waals surface area contributed by atoms with Gasteiger partial charge in [-0.15, -0.1) is 0 Å². The van der Waals surface area contributed by atoms with Gasteiger partial charge in [-0.05, 0) is 13.8 Å². The molecule has 0 aromatic carbocycles. The molecule has 0 amide bonds. The number of rotatable bonds is 4. The van der Waals surface area contributed by atoms with E-state index in [1.165, 1.54) is 10.6 Å². The average Bonchev–Trinajstić information content (AvgIpc) is 1.91. The van der Waals surface area contributed by atoms with Gasteiger partial charge in [-0.25, -0.2) is 8.42 Å². The zero-order chi connectivity index (χ0) is 10.9. The van der Waals surface area contributed by atoms with Gasteiger partial charge in [0.2, 0.25) is 0 Å². The van der Waals surface area contributed by atoms with Gasteiger partial charge in [0.15, 0.2) is 10.0 Å². The summed E-state index contributed by atoms with van der Waals surface area (Å²) in [6.45, 7) is 9.34. The third-order valence-electron chi connectivity index (χ3n) is 2.62. The van der Waals surface area contributed by atoms with E-state index in [-0.39, 0.29) is 64.2 Å². The number of nitrogens with zero attached hydrogens (tertiary/aromatic N) is 2. The normalized spacial score (nSPS) is 19.1. The molecule has 0 N–H and O–H groups in total. The van der Waals surface area contributed by atoms with Crippen LogP contribution in [0.1, 0.15) is 20.8 Å². The van der Waals surface area contributed by atoms with Gasteiger partial charge >= 0.3 is 58.2 Å². The van der Waals surface area contributed by atoms with Crippen LogP contribution in [0, 0.1) is 6.54 Å². The van der Waals surface area contributed by atoms with Crippen molar-refractivity contribution in [3.05, 3.63) is 6.54 Å².